The van der Waals surface area contributed by atoms with E-state index in [4.69, 9.17) is 10.2 Å². The van der Waals surface area contributed by atoms with Gasteiger partial charge in [0, 0.05) is 0 Å². The smallest absolute Gasteiger partial charge is 0.147 e. The van der Waals surface area contributed by atoms with E-state index in [2.05, 4.69) is 0 Å². The standard InChI is InChI=1S/C6H4O2S/c7-3-1-2-4-5(8)6(3)9-4/h1-2,7-8H. The molecule has 0 unspecified atom stereocenters. The van der Waals surface area contributed by atoms with Gasteiger partial charge in [-0.15, -0.1) is 0 Å². The Kier molecular flexibility index (Phi) is 0.754. The van der Waals surface area contributed by atoms with Crippen LogP contribution in [0, 0.1) is 0 Å². The van der Waals surface area contributed by atoms with Gasteiger partial charge < -0.3 is 10.2 Å². The summed E-state index contributed by atoms with van der Waals surface area (Å²) < 4.78 is 0. The summed E-state index contributed by atoms with van der Waals surface area (Å²) in [4.78, 5) is 1.45. The van der Waals surface area contributed by atoms with Crippen LogP contribution in [-0.4, -0.2) is 10.2 Å². The van der Waals surface area contributed by atoms with E-state index in [1.807, 2.05) is 0 Å². The van der Waals surface area contributed by atoms with Crippen LogP contribution >= 0.6 is 11.8 Å². The highest BCUT2D eigenvalue weighted by Crippen LogP contribution is 2.55. The Bertz CT molecular complexity index is 263. The van der Waals surface area contributed by atoms with Crippen molar-refractivity contribution in [3.05, 3.63) is 12.1 Å². The summed E-state index contributed by atoms with van der Waals surface area (Å²) in [7, 11) is 0. The number of hydrogen-bond acceptors (Lipinski definition) is 3. The summed E-state index contributed by atoms with van der Waals surface area (Å²) in [5.74, 6) is 0.410. The molecule has 2 aliphatic rings. The summed E-state index contributed by atoms with van der Waals surface area (Å²) in [6.07, 6.45) is 0. The first kappa shape index (κ1) is 4.99. The van der Waals surface area contributed by atoms with Crippen LogP contribution in [-0.2, 0) is 0 Å². The first-order valence-corrected chi connectivity index (χ1v) is 3.33. The normalized spacial score (nSPS) is 12.9. The minimum Gasteiger partial charge on any atom is -0.507 e. The molecule has 0 fully saturated rings. The predicted octanol–water partition coefficient (Wildman–Crippen LogP) is 1.56. The summed E-state index contributed by atoms with van der Waals surface area (Å²) >= 11 is 1.40. The fourth-order valence-corrected chi connectivity index (χ4v) is 1.57. The molecule has 3 rings (SSSR count). The van der Waals surface area contributed by atoms with Gasteiger partial charge in [-0.2, -0.15) is 0 Å². The molecular formula is C6H4O2S. The first-order valence-electron chi connectivity index (χ1n) is 2.52. The van der Waals surface area contributed by atoms with E-state index in [0.29, 0.717) is 4.90 Å². The molecule has 2 nitrogen and oxygen atoms in total. The molecule has 0 amide bonds. The number of phenols is 2. The lowest BCUT2D eigenvalue weighted by Gasteiger charge is -2.17. The molecule has 3 heteroatoms. The highest BCUT2D eigenvalue weighted by Gasteiger charge is 2.23. The fourth-order valence-electron chi connectivity index (χ4n) is 0.789. The first-order chi connectivity index (χ1) is 4.29. The molecule has 0 saturated heterocycles. The predicted molar refractivity (Wildman–Crippen MR) is 33.9 cm³/mol. The van der Waals surface area contributed by atoms with Crippen LogP contribution in [0.4, 0.5) is 0 Å². The molecule has 2 N–H and O–H groups in total. The average Bonchev–Trinajstić information content (AvgIpc) is 1.86. The SMILES string of the molecule is Oc1ccc2c(O)c1S2. The molecule has 2 heterocycles. The van der Waals surface area contributed by atoms with Crippen molar-refractivity contribution in [1.29, 1.82) is 0 Å². The second-order valence-electron chi connectivity index (χ2n) is 1.86. The summed E-state index contributed by atoms with van der Waals surface area (Å²) in [5.41, 5.74) is 0. The molecule has 2 aliphatic heterocycles. The molecule has 0 aliphatic carbocycles. The van der Waals surface area contributed by atoms with Gasteiger partial charge in [-0.25, -0.2) is 0 Å². The third-order valence-corrected chi connectivity index (χ3v) is 2.44. The summed E-state index contributed by atoms with van der Waals surface area (Å²) in [6.45, 7) is 0. The quantitative estimate of drug-likeness (QED) is 0.583. The zero-order valence-electron chi connectivity index (χ0n) is 4.46. The van der Waals surface area contributed by atoms with Gasteiger partial charge in [0.15, 0.2) is 0 Å². The molecule has 0 spiro atoms. The Hall–Kier alpha value is -0.830. The van der Waals surface area contributed by atoms with Crippen LogP contribution < -0.4 is 0 Å². The van der Waals surface area contributed by atoms with Crippen LogP contribution in [0.25, 0.3) is 0 Å². The van der Waals surface area contributed by atoms with Gasteiger partial charge in [-0.3, -0.25) is 0 Å². The number of aromatic hydroxyl groups is 2. The van der Waals surface area contributed by atoms with Crippen LogP contribution in [0.1, 0.15) is 0 Å². The van der Waals surface area contributed by atoms with Gasteiger partial charge in [0.1, 0.15) is 11.5 Å². The third kappa shape index (κ3) is 0.471. The summed E-state index contributed by atoms with van der Waals surface area (Å²) in [5, 5.41) is 18.0. The van der Waals surface area contributed by atoms with Gasteiger partial charge in [0.2, 0.25) is 0 Å². The van der Waals surface area contributed by atoms with Gasteiger partial charge in [0.25, 0.3) is 0 Å². The maximum Gasteiger partial charge on any atom is 0.147 e. The van der Waals surface area contributed by atoms with E-state index in [-0.39, 0.29) is 11.5 Å². The van der Waals surface area contributed by atoms with E-state index >= 15 is 0 Å². The van der Waals surface area contributed by atoms with Crippen molar-refractivity contribution in [2.45, 2.75) is 9.79 Å². The molecule has 2 bridgehead atoms. The van der Waals surface area contributed by atoms with Crippen LogP contribution in [0.5, 0.6) is 11.5 Å². The van der Waals surface area contributed by atoms with Crippen molar-refractivity contribution in [2.75, 3.05) is 0 Å². The maximum atomic E-state index is 8.99. The molecule has 0 aromatic heterocycles. The number of benzene rings is 1. The highest BCUT2D eigenvalue weighted by atomic mass is 32.2. The highest BCUT2D eigenvalue weighted by molar-refractivity contribution is 8.01. The topological polar surface area (TPSA) is 40.5 Å². The second-order valence-corrected chi connectivity index (χ2v) is 2.91. The second kappa shape index (κ2) is 1.36. The fraction of sp³-hybridized carbons (Fsp3) is 0. The molecule has 9 heavy (non-hydrogen) atoms. The van der Waals surface area contributed by atoms with Crippen molar-refractivity contribution in [2.24, 2.45) is 0 Å². The molecule has 1 aromatic carbocycles. The van der Waals surface area contributed by atoms with Crippen molar-refractivity contribution < 1.29 is 10.2 Å². The monoisotopic (exact) mass is 140 g/mol. The van der Waals surface area contributed by atoms with Crippen LogP contribution in [0.15, 0.2) is 21.9 Å². The van der Waals surface area contributed by atoms with Gasteiger partial charge in [0.05, 0.1) is 9.79 Å². The zero-order valence-corrected chi connectivity index (χ0v) is 5.27. The minimum atomic E-state index is 0.174. The molecule has 0 radical (unpaired) electrons. The lowest BCUT2D eigenvalue weighted by atomic mass is 10.3. The zero-order chi connectivity index (χ0) is 6.43. The molecular weight excluding hydrogens is 136 g/mol. The average molecular weight is 140 g/mol. The Balaban J connectivity index is 2.74. The largest absolute Gasteiger partial charge is 0.507 e. The van der Waals surface area contributed by atoms with E-state index < -0.39 is 0 Å². The van der Waals surface area contributed by atoms with Crippen molar-refractivity contribution in [3.8, 4) is 11.5 Å². The van der Waals surface area contributed by atoms with Gasteiger partial charge in [-0.1, -0.05) is 11.8 Å². The molecule has 0 atom stereocenters. The van der Waals surface area contributed by atoms with Crippen molar-refractivity contribution >= 4 is 11.8 Å². The van der Waals surface area contributed by atoms with E-state index in [1.54, 1.807) is 12.1 Å². The molecule has 46 valence electrons. The Morgan fingerprint density at radius 1 is 1.22 bits per heavy atom. The summed E-state index contributed by atoms with van der Waals surface area (Å²) in [6, 6.07) is 3.28. The Morgan fingerprint density at radius 3 is 2.33 bits per heavy atom. The lowest BCUT2D eigenvalue weighted by Crippen LogP contribution is -1.88. The minimum absolute atomic E-state index is 0.174. The van der Waals surface area contributed by atoms with Gasteiger partial charge >= 0.3 is 0 Å². The number of hydrogen-bond donors (Lipinski definition) is 2. The molecule has 1 aromatic rings. The third-order valence-electron chi connectivity index (χ3n) is 1.29. The number of fused-ring (bicyclic) bond motifs is 2. The molecule has 0 saturated carbocycles. The lowest BCUT2D eigenvalue weighted by molar-refractivity contribution is 0.412. The number of phenolic OH excluding ortho intramolecular Hbond substituents is 2. The van der Waals surface area contributed by atoms with E-state index in [1.165, 1.54) is 11.8 Å². The van der Waals surface area contributed by atoms with Crippen LogP contribution in [0.3, 0.4) is 0 Å². The Labute approximate surface area is 56.1 Å². The van der Waals surface area contributed by atoms with E-state index in [0.717, 1.165) is 4.90 Å². The van der Waals surface area contributed by atoms with Gasteiger partial charge in [-0.05, 0) is 12.1 Å². The van der Waals surface area contributed by atoms with Crippen molar-refractivity contribution in [1.82, 2.24) is 0 Å². The number of rotatable bonds is 0. The van der Waals surface area contributed by atoms with Crippen LogP contribution in [0.2, 0.25) is 0 Å². The van der Waals surface area contributed by atoms with Crippen molar-refractivity contribution in [3.63, 3.8) is 0 Å². The van der Waals surface area contributed by atoms with E-state index in [9.17, 15) is 0 Å². The maximum absolute atomic E-state index is 8.99. The Morgan fingerprint density at radius 2 is 2.00 bits per heavy atom.